The van der Waals surface area contributed by atoms with Crippen LogP contribution in [0.1, 0.15) is 24.7 Å². The first-order valence-corrected chi connectivity index (χ1v) is 6.83. The van der Waals surface area contributed by atoms with Crippen LogP contribution in [0.3, 0.4) is 0 Å². The van der Waals surface area contributed by atoms with Crippen LogP contribution in [0.15, 0.2) is 30.5 Å². The first-order valence-electron chi connectivity index (χ1n) is 6.83. The lowest BCUT2D eigenvalue weighted by atomic mass is 10.1. The third-order valence-corrected chi connectivity index (χ3v) is 3.73. The standard InChI is InChI=1S/C16H19N2O/c1-12-5-7-14(8-6-12)15-11-17(10-13(2)19)16-4-3-9-18(15)16/h5-8,11H,3-4,9-10H2,1-2H3/q+1. The van der Waals surface area contributed by atoms with Gasteiger partial charge < -0.3 is 0 Å². The van der Waals surface area contributed by atoms with Crippen LogP contribution < -0.4 is 4.57 Å². The number of imidazole rings is 1. The molecule has 3 rings (SSSR count). The number of carbonyl (C=O) groups is 1. The van der Waals surface area contributed by atoms with Gasteiger partial charge in [0.15, 0.2) is 11.5 Å². The van der Waals surface area contributed by atoms with Crippen LogP contribution >= 0.6 is 0 Å². The molecule has 0 N–H and O–H groups in total. The molecule has 0 aliphatic carbocycles. The van der Waals surface area contributed by atoms with Crippen LogP contribution in [0.2, 0.25) is 0 Å². The van der Waals surface area contributed by atoms with Crippen molar-refractivity contribution in [3.8, 4) is 11.3 Å². The molecule has 1 aromatic heterocycles. The number of carbonyl (C=O) groups excluding carboxylic acids is 1. The third-order valence-electron chi connectivity index (χ3n) is 3.73. The minimum absolute atomic E-state index is 0.209. The highest BCUT2D eigenvalue weighted by Crippen LogP contribution is 2.24. The van der Waals surface area contributed by atoms with Crippen LogP contribution in [-0.2, 0) is 24.3 Å². The van der Waals surface area contributed by atoms with Gasteiger partial charge in [0, 0.05) is 5.56 Å². The predicted molar refractivity (Wildman–Crippen MR) is 73.8 cm³/mol. The van der Waals surface area contributed by atoms with E-state index in [4.69, 9.17) is 0 Å². The van der Waals surface area contributed by atoms with E-state index in [0.29, 0.717) is 6.54 Å². The minimum Gasteiger partial charge on any atom is -0.296 e. The number of hydrogen-bond donors (Lipinski definition) is 0. The smallest absolute Gasteiger partial charge is 0.257 e. The molecule has 0 spiro atoms. The molecule has 2 heterocycles. The zero-order chi connectivity index (χ0) is 13.4. The molecule has 0 radical (unpaired) electrons. The van der Waals surface area contributed by atoms with Crippen molar-refractivity contribution in [2.45, 2.75) is 39.8 Å². The van der Waals surface area contributed by atoms with Crippen molar-refractivity contribution in [3.63, 3.8) is 0 Å². The van der Waals surface area contributed by atoms with Gasteiger partial charge in [-0.3, -0.25) is 4.79 Å². The first kappa shape index (κ1) is 12.2. The summed E-state index contributed by atoms with van der Waals surface area (Å²) in [5.41, 5.74) is 3.73. The van der Waals surface area contributed by atoms with E-state index < -0.39 is 0 Å². The molecule has 98 valence electrons. The topological polar surface area (TPSA) is 25.9 Å². The number of Topliss-reactive ketones (excluding diaryl/α,β-unsaturated/α-hetero) is 1. The van der Waals surface area contributed by atoms with Gasteiger partial charge in [-0.2, -0.15) is 0 Å². The Morgan fingerprint density at radius 3 is 2.74 bits per heavy atom. The molecule has 1 aliphatic heterocycles. The Bertz CT molecular complexity index is 623. The molecular weight excluding hydrogens is 236 g/mol. The summed E-state index contributed by atoms with van der Waals surface area (Å²) in [5.74, 6) is 1.49. The molecular formula is C16H19N2O+. The summed E-state index contributed by atoms with van der Waals surface area (Å²) >= 11 is 0. The lowest BCUT2D eigenvalue weighted by Gasteiger charge is -1.99. The fourth-order valence-corrected chi connectivity index (χ4v) is 2.84. The summed E-state index contributed by atoms with van der Waals surface area (Å²) in [4.78, 5) is 11.4. The monoisotopic (exact) mass is 255 g/mol. The largest absolute Gasteiger partial charge is 0.296 e. The number of aromatic nitrogens is 2. The second kappa shape index (κ2) is 4.65. The second-order valence-electron chi connectivity index (χ2n) is 5.38. The normalized spacial score (nSPS) is 13.6. The molecule has 0 atom stereocenters. The summed E-state index contributed by atoms with van der Waals surface area (Å²) in [6.07, 6.45) is 4.37. The van der Waals surface area contributed by atoms with E-state index in [1.807, 2.05) is 0 Å². The van der Waals surface area contributed by atoms with Crippen molar-refractivity contribution in [3.05, 3.63) is 41.9 Å². The minimum atomic E-state index is 0.209. The van der Waals surface area contributed by atoms with Crippen LogP contribution in [0.25, 0.3) is 11.3 Å². The van der Waals surface area contributed by atoms with Crippen molar-refractivity contribution in [1.29, 1.82) is 0 Å². The van der Waals surface area contributed by atoms with Gasteiger partial charge in [-0.1, -0.05) is 29.8 Å². The fraction of sp³-hybridized carbons (Fsp3) is 0.375. The summed E-state index contributed by atoms with van der Waals surface area (Å²) in [5, 5.41) is 0. The number of benzene rings is 1. The maximum Gasteiger partial charge on any atom is 0.257 e. The predicted octanol–water partition coefficient (Wildman–Crippen LogP) is 2.29. The number of rotatable bonds is 3. The van der Waals surface area contributed by atoms with Crippen LogP contribution in [0, 0.1) is 6.92 Å². The molecule has 0 saturated carbocycles. The van der Waals surface area contributed by atoms with Gasteiger partial charge >= 0.3 is 0 Å². The summed E-state index contributed by atoms with van der Waals surface area (Å²) in [7, 11) is 0. The number of hydrogen-bond acceptors (Lipinski definition) is 1. The molecule has 19 heavy (non-hydrogen) atoms. The Morgan fingerprint density at radius 1 is 1.32 bits per heavy atom. The zero-order valence-corrected chi connectivity index (χ0v) is 11.5. The summed E-state index contributed by atoms with van der Waals surface area (Å²) in [6, 6.07) is 8.60. The van der Waals surface area contributed by atoms with E-state index in [-0.39, 0.29) is 5.78 Å². The molecule has 0 unspecified atom stereocenters. The molecule has 0 fully saturated rings. The van der Waals surface area contributed by atoms with Gasteiger partial charge in [0.1, 0.15) is 12.7 Å². The molecule has 0 bridgehead atoms. The van der Waals surface area contributed by atoms with Crippen molar-refractivity contribution < 1.29 is 9.36 Å². The molecule has 3 nitrogen and oxygen atoms in total. The van der Waals surface area contributed by atoms with E-state index in [1.165, 1.54) is 29.1 Å². The van der Waals surface area contributed by atoms with Gasteiger partial charge in [-0.05, 0) is 20.3 Å². The first-order chi connectivity index (χ1) is 9.15. The fourth-order valence-electron chi connectivity index (χ4n) is 2.84. The van der Waals surface area contributed by atoms with E-state index >= 15 is 0 Å². The van der Waals surface area contributed by atoms with Gasteiger partial charge in [0.05, 0.1) is 13.0 Å². The van der Waals surface area contributed by atoms with Crippen LogP contribution in [-0.4, -0.2) is 10.4 Å². The quantitative estimate of drug-likeness (QED) is 0.773. The average molecular weight is 255 g/mol. The Balaban J connectivity index is 2.07. The average Bonchev–Trinajstić information content (AvgIpc) is 2.94. The number of ketones is 1. The number of fused-ring (bicyclic) bond motifs is 1. The third kappa shape index (κ3) is 2.21. The lowest BCUT2D eigenvalue weighted by Crippen LogP contribution is -2.39. The van der Waals surface area contributed by atoms with E-state index in [2.05, 4.69) is 46.5 Å². The molecule has 1 aliphatic rings. The lowest BCUT2D eigenvalue weighted by molar-refractivity contribution is -0.690. The Hall–Kier alpha value is -1.90. The van der Waals surface area contributed by atoms with Crippen molar-refractivity contribution >= 4 is 5.78 Å². The molecule has 1 aromatic carbocycles. The Labute approximate surface area is 113 Å². The molecule has 0 saturated heterocycles. The van der Waals surface area contributed by atoms with E-state index in [1.54, 1.807) is 6.92 Å². The van der Waals surface area contributed by atoms with Crippen molar-refractivity contribution in [2.24, 2.45) is 0 Å². The highest BCUT2D eigenvalue weighted by atomic mass is 16.1. The summed E-state index contributed by atoms with van der Waals surface area (Å²) in [6.45, 7) is 5.30. The van der Waals surface area contributed by atoms with Crippen LogP contribution in [0.4, 0.5) is 0 Å². The second-order valence-corrected chi connectivity index (χ2v) is 5.38. The molecule has 3 heteroatoms. The van der Waals surface area contributed by atoms with Crippen molar-refractivity contribution in [1.82, 2.24) is 4.57 Å². The SMILES string of the molecule is CC(=O)C[n+]1cc(-c2ccc(C)cc2)n2c1CCC2. The van der Waals surface area contributed by atoms with Gasteiger partial charge in [-0.15, -0.1) is 0 Å². The number of aryl methyl sites for hydroxylation is 1. The maximum atomic E-state index is 11.4. The number of nitrogens with zero attached hydrogens (tertiary/aromatic N) is 2. The Kier molecular flexibility index (Phi) is 2.97. The van der Waals surface area contributed by atoms with E-state index in [9.17, 15) is 4.79 Å². The van der Waals surface area contributed by atoms with Crippen LogP contribution in [0.5, 0.6) is 0 Å². The van der Waals surface area contributed by atoms with Crippen molar-refractivity contribution in [2.75, 3.05) is 0 Å². The van der Waals surface area contributed by atoms with Gasteiger partial charge in [-0.25, -0.2) is 9.13 Å². The van der Waals surface area contributed by atoms with E-state index in [0.717, 1.165) is 13.0 Å². The zero-order valence-electron chi connectivity index (χ0n) is 11.5. The van der Waals surface area contributed by atoms with Gasteiger partial charge in [0.2, 0.25) is 0 Å². The highest BCUT2D eigenvalue weighted by Gasteiger charge is 2.28. The summed E-state index contributed by atoms with van der Waals surface area (Å²) < 4.78 is 4.47. The molecule has 2 aromatic rings. The highest BCUT2D eigenvalue weighted by molar-refractivity contribution is 5.74. The van der Waals surface area contributed by atoms with Gasteiger partial charge in [0.25, 0.3) is 5.82 Å². The maximum absolute atomic E-state index is 11.4. The Morgan fingerprint density at radius 2 is 2.05 bits per heavy atom. The molecule has 0 amide bonds.